The zero-order chi connectivity index (χ0) is 25.0. The van der Waals surface area contributed by atoms with E-state index in [1.54, 1.807) is 28.4 Å². The molecule has 12 heteroatoms. The number of hydrogen-bond acceptors (Lipinski definition) is 11. The molecule has 10 nitrogen and oxygen atoms in total. The lowest BCUT2D eigenvalue weighted by Crippen LogP contribution is -2.59. The number of thiophene rings is 1. The second kappa shape index (κ2) is 11.1. The van der Waals surface area contributed by atoms with Gasteiger partial charge in [0.25, 0.3) is 5.72 Å². The normalized spacial score (nSPS) is 19.3. The third-order valence-corrected chi connectivity index (χ3v) is 7.05. The molecule has 186 valence electrons. The molecule has 3 rings (SSSR count). The SMILES string of the molecule is COC(=O)[C@@](OC(=O)C(O)C(O)C(O)C(O)CO)(c1ccccc1Cl)N1CCc2sccc2C1. The summed E-state index contributed by atoms with van der Waals surface area (Å²) in [5, 5.41) is 51.0. The van der Waals surface area contributed by atoms with Crippen LogP contribution in [0.4, 0.5) is 0 Å². The molecule has 0 fully saturated rings. The Morgan fingerprint density at radius 3 is 2.53 bits per heavy atom. The molecule has 0 saturated carbocycles. The van der Waals surface area contributed by atoms with Crippen molar-refractivity contribution in [1.29, 1.82) is 0 Å². The third-order valence-electron chi connectivity index (χ3n) is 5.70. The van der Waals surface area contributed by atoms with Gasteiger partial charge in [0.15, 0.2) is 6.10 Å². The van der Waals surface area contributed by atoms with Crippen LogP contribution in [0.2, 0.25) is 5.02 Å². The Kier molecular flexibility index (Phi) is 8.66. The van der Waals surface area contributed by atoms with E-state index in [4.69, 9.17) is 26.2 Å². The van der Waals surface area contributed by atoms with Crippen LogP contribution in [-0.2, 0) is 37.8 Å². The second-order valence-corrected chi connectivity index (χ2v) is 9.16. The number of hydrogen-bond donors (Lipinski definition) is 5. The number of benzene rings is 1. The van der Waals surface area contributed by atoms with Gasteiger partial charge in [-0.05, 0) is 29.5 Å². The second-order valence-electron chi connectivity index (χ2n) is 7.75. The number of methoxy groups -OCH3 is 1. The minimum Gasteiger partial charge on any atom is -0.465 e. The van der Waals surface area contributed by atoms with E-state index in [0.29, 0.717) is 6.42 Å². The van der Waals surface area contributed by atoms with Crippen LogP contribution in [0, 0.1) is 0 Å². The number of nitrogens with zero attached hydrogens (tertiary/aromatic N) is 1. The molecule has 0 radical (unpaired) electrons. The largest absolute Gasteiger partial charge is 0.465 e. The molecule has 0 amide bonds. The first-order valence-corrected chi connectivity index (χ1v) is 11.6. The molecule has 4 unspecified atom stereocenters. The van der Waals surface area contributed by atoms with Gasteiger partial charge in [0.2, 0.25) is 0 Å². The van der Waals surface area contributed by atoms with Gasteiger partial charge in [0.05, 0.1) is 13.7 Å². The Bertz CT molecular complexity index is 1020. The Labute approximate surface area is 204 Å². The topological polar surface area (TPSA) is 157 Å². The minimum atomic E-state index is -2.37. The van der Waals surface area contributed by atoms with Gasteiger partial charge in [-0.3, -0.25) is 0 Å². The summed E-state index contributed by atoms with van der Waals surface area (Å²) in [4.78, 5) is 28.9. The summed E-state index contributed by atoms with van der Waals surface area (Å²) >= 11 is 7.97. The Balaban J connectivity index is 2.05. The highest BCUT2D eigenvalue weighted by molar-refractivity contribution is 7.10. The van der Waals surface area contributed by atoms with Crippen LogP contribution >= 0.6 is 22.9 Å². The van der Waals surface area contributed by atoms with E-state index >= 15 is 0 Å². The van der Waals surface area contributed by atoms with E-state index in [9.17, 15) is 30.0 Å². The Morgan fingerprint density at radius 1 is 1.18 bits per heavy atom. The zero-order valence-corrected chi connectivity index (χ0v) is 19.8. The third kappa shape index (κ3) is 4.97. The maximum absolute atomic E-state index is 13.3. The van der Waals surface area contributed by atoms with Crippen molar-refractivity contribution in [3.63, 3.8) is 0 Å². The molecule has 2 aromatic rings. The molecule has 1 aliphatic rings. The number of aliphatic hydroxyl groups is 5. The number of fused-ring (bicyclic) bond motifs is 1. The van der Waals surface area contributed by atoms with Crippen molar-refractivity contribution in [2.24, 2.45) is 0 Å². The van der Waals surface area contributed by atoms with Crippen LogP contribution in [0.25, 0.3) is 0 Å². The van der Waals surface area contributed by atoms with Crippen molar-refractivity contribution in [3.05, 3.63) is 56.7 Å². The van der Waals surface area contributed by atoms with Crippen molar-refractivity contribution in [2.75, 3.05) is 20.3 Å². The highest BCUT2D eigenvalue weighted by Crippen LogP contribution is 2.40. The van der Waals surface area contributed by atoms with E-state index in [1.807, 2.05) is 11.4 Å². The molecule has 34 heavy (non-hydrogen) atoms. The molecule has 5 N–H and O–H groups in total. The number of rotatable bonds is 9. The standard InChI is InChI=1S/C22H26ClNO9S/c1-32-21(31)22(13-4-2-3-5-14(13)23,24-8-6-16-12(10-24)7-9-34-16)33-20(30)19(29)18(28)17(27)15(26)11-25/h2-5,7,9,15,17-19,25-29H,6,8,10-11H2,1H3/t15?,17?,18?,19?,22-/m0/s1. The number of esters is 2. The van der Waals surface area contributed by atoms with Crippen LogP contribution < -0.4 is 0 Å². The maximum atomic E-state index is 13.3. The maximum Gasteiger partial charge on any atom is 0.371 e. The molecular formula is C22H26ClNO9S. The van der Waals surface area contributed by atoms with Gasteiger partial charge in [-0.25, -0.2) is 14.5 Å². The van der Waals surface area contributed by atoms with Crippen LogP contribution in [0.1, 0.15) is 16.0 Å². The first kappa shape index (κ1) is 26.5. The predicted molar refractivity (Wildman–Crippen MR) is 121 cm³/mol. The summed E-state index contributed by atoms with van der Waals surface area (Å²) in [6.07, 6.45) is -7.94. The lowest BCUT2D eigenvalue weighted by atomic mass is 9.96. The molecule has 0 spiro atoms. The summed E-state index contributed by atoms with van der Waals surface area (Å²) < 4.78 is 10.6. The van der Waals surface area contributed by atoms with Crippen molar-refractivity contribution >= 4 is 34.9 Å². The molecule has 1 aromatic carbocycles. The van der Waals surface area contributed by atoms with Crippen molar-refractivity contribution < 1.29 is 44.6 Å². The Hall–Kier alpha value is -2.09. The van der Waals surface area contributed by atoms with E-state index in [-0.39, 0.29) is 23.7 Å². The highest BCUT2D eigenvalue weighted by atomic mass is 35.5. The molecule has 0 saturated heterocycles. The molecule has 2 heterocycles. The summed E-state index contributed by atoms with van der Waals surface area (Å²) in [7, 11) is 1.11. The van der Waals surface area contributed by atoms with Gasteiger partial charge in [0.1, 0.15) is 18.3 Å². The van der Waals surface area contributed by atoms with E-state index in [0.717, 1.165) is 17.6 Å². The van der Waals surface area contributed by atoms with Crippen LogP contribution in [0.5, 0.6) is 0 Å². The lowest BCUT2D eigenvalue weighted by Gasteiger charge is -2.43. The zero-order valence-electron chi connectivity index (χ0n) is 18.2. The molecule has 1 aliphatic heterocycles. The van der Waals surface area contributed by atoms with Gasteiger partial charge in [-0.15, -0.1) is 11.3 Å². The quantitative estimate of drug-likeness (QED) is 0.282. The first-order chi connectivity index (χ1) is 16.2. The predicted octanol–water partition coefficient (Wildman–Crippen LogP) is -0.235. The summed E-state index contributed by atoms with van der Waals surface area (Å²) in [5.74, 6) is -2.47. The van der Waals surface area contributed by atoms with Gasteiger partial charge in [0, 0.05) is 28.6 Å². The summed E-state index contributed by atoms with van der Waals surface area (Å²) in [6, 6.07) is 8.05. The summed E-state index contributed by atoms with van der Waals surface area (Å²) in [5.41, 5.74) is -1.24. The monoisotopic (exact) mass is 515 g/mol. The number of ether oxygens (including phenoxy) is 2. The average molecular weight is 516 g/mol. The number of halogens is 1. The van der Waals surface area contributed by atoms with Gasteiger partial charge in [-0.2, -0.15) is 0 Å². The highest BCUT2D eigenvalue weighted by Gasteiger charge is 2.54. The van der Waals surface area contributed by atoms with E-state index in [1.165, 1.54) is 12.1 Å². The van der Waals surface area contributed by atoms with Crippen LogP contribution in [0.15, 0.2) is 35.7 Å². The fourth-order valence-corrected chi connectivity index (χ4v) is 4.98. The molecule has 1 aromatic heterocycles. The minimum absolute atomic E-state index is 0.0770. The van der Waals surface area contributed by atoms with E-state index < -0.39 is 48.7 Å². The molecule has 0 bridgehead atoms. The molecular weight excluding hydrogens is 490 g/mol. The number of carbonyl (C=O) groups is 2. The van der Waals surface area contributed by atoms with Crippen molar-refractivity contribution in [1.82, 2.24) is 4.90 Å². The number of aliphatic hydroxyl groups excluding tert-OH is 5. The fourth-order valence-electron chi connectivity index (χ4n) is 3.83. The Morgan fingerprint density at radius 2 is 1.88 bits per heavy atom. The van der Waals surface area contributed by atoms with Gasteiger partial charge >= 0.3 is 11.9 Å². The summed E-state index contributed by atoms with van der Waals surface area (Å²) in [6.45, 7) is -0.467. The van der Waals surface area contributed by atoms with Gasteiger partial charge < -0.3 is 35.0 Å². The fraction of sp³-hybridized carbons (Fsp3) is 0.455. The van der Waals surface area contributed by atoms with E-state index in [2.05, 4.69) is 0 Å². The van der Waals surface area contributed by atoms with Crippen molar-refractivity contribution in [2.45, 2.75) is 43.1 Å². The lowest BCUT2D eigenvalue weighted by molar-refractivity contribution is -0.222. The average Bonchev–Trinajstić information content (AvgIpc) is 3.33. The smallest absolute Gasteiger partial charge is 0.371 e. The van der Waals surface area contributed by atoms with Crippen molar-refractivity contribution in [3.8, 4) is 0 Å². The van der Waals surface area contributed by atoms with Crippen LogP contribution in [-0.4, -0.2) is 87.0 Å². The van der Waals surface area contributed by atoms with Crippen LogP contribution in [0.3, 0.4) is 0 Å². The number of carbonyl (C=O) groups excluding carboxylic acids is 2. The molecule has 0 aliphatic carbocycles. The van der Waals surface area contributed by atoms with Gasteiger partial charge in [-0.1, -0.05) is 29.8 Å². The first-order valence-electron chi connectivity index (χ1n) is 10.4. The molecule has 5 atom stereocenters.